The Balaban J connectivity index is 1.67. The van der Waals surface area contributed by atoms with Crippen LogP contribution >= 0.6 is 23.8 Å². The smallest absolute Gasteiger partial charge is 0.173 e. The molecule has 0 aromatic heterocycles. The molecule has 138 valence electrons. The number of rotatable bonds is 5. The van der Waals surface area contributed by atoms with Crippen molar-refractivity contribution in [2.75, 3.05) is 25.0 Å². The van der Waals surface area contributed by atoms with Gasteiger partial charge in [0.25, 0.3) is 0 Å². The molecule has 0 radical (unpaired) electrons. The van der Waals surface area contributed by atoms with Crippen molar-refractivity contribution >= 4 is 34.6 Å². The highest BCUT2D eigenvalue weighted by Crippen LogP contribution is 2.31. The first-order valence-corrected chi connectivity index (χ1v) is 9.56. The van der Waals surface area contributed by atoms with Gasteiger partial charge in [0, 0.05) is 17.3 Å². The van der Waals surface area contributed by atoms with Crippen LogP contribution in [0.5, 0.6) is 11.5 Å². The molecule has 2 aromatic rings. The number of hydrogen-bond donors (Lipinski definition) is 1. The van der Waals surface area contributed by atoms with E-state index < -0.39 is 0 Å². The Labute approximate surface area is 165 Å². The summed E-state index contributed by atoms with van der Waals surface area (Å²) in [6, 6.07) is 13.5. The number of para-hydroxylation sites is 2. The van der Waals surface area contributed by atoms with Crippen molar-refractivity contribution in [2.45, 2.75) is 26.4 Å². The first-order valence-electron chi connectivity index (χ1n) is 8.78. The molecule has 3 rings (SSSR count). The van der Waals surface area contributed by atoms with E-state index in [9.17, 15) is 0 Å². The Bertz CT molecular complexity index is 784. The summed E-state index contributed by atoms with van der Waals surface area (Å²) in [6.07, 6.45) is 0.914. The summed E-state index contributed by atoms with van der Waals surface area (Å²) in [5.74, 6) is 1.57. The summed E-state index contributed by atoms with van der Waals surface area (Å²) in [5.41, 5.74) is 1.91. The summed E-state index contributed by atoms with van der Waals surface area (Å²) in [6.45, 7) is 6.12. The number of nitrogens with zero attached hydrogens (tertiary/aromatic N) is 1. The molecular weight excluding hydrogens is 368 g/mol. The minimum atomic E-state index is -0.0725. The first-order chi connectivity index (χ1) is 12.6. The standard InChI is InChI=1S/C20H23ClN2O2S/c1-3-11-23(20(26)22-17-8-6-7-16(21)14(17)2)12-15-13-24-18-9-4-5-10-19(18)25-15/h4-10,15H,3,11-13H2,1-2H3,(H,22,26)/t15-/m1/s1. The molecular formula is C20H23ClN2O2S. The lowest BCUT2D eigenvalue weighted by Crippen LogP contribution is -2.45. The van der Waals surface area contributed by atoms with E-state index in [4.69, 9.17) is 33.3 Å². The number of halogens is 1. The van der Waals surface area contributed by atoms with Gasteiger partial charge in [-0.15, -0.1) is 0 Å². The van der Waals surface area contributed by atoms with Crippen molar-refractivity contribution < 1.29 is 9.47 Å². The fraction of sp³-hybridized carbons (Fsp3) is 0.350. The van der Waals surface area contributed by atoms with Gasteiger partial charge in [0.05, 0.1) is 6.54 Å². The van der Waals surface area contributed by atoms with E-state index in [2.05, 4.69) is 17.1 Å². The predicted molar refractivity (Wildman–Crippen MR) is 111 cm³/mol. The van der Waals surface area contributed by atoms with Crippen LogP contribution in [0.2, 0.25) is 5.02 Å². The Morgan fingerprint density at radius 1 is 1.23 bits per heavy atom. The summed E-state index contributed by atoms with van der Waals surface area (Å²) in [7, 11) is 0. The maximum atomic E-state index is 6.21. The van der Waals surface area contributed by atoms with E-state index in [0.717, 1.165) is 40.7 Å². The summed E-state index contributed by atoms with van der Waals surface area (Å²) in [4.78, 5) is 2.12. The second kappa shape index (κ2) is 8.60. The van der Waals surface area contributed by atoms with E-state index in [1.54, 1.807) is 0 Å². The molecule has 0 saturated carbocycles. The highest BCUT2D eigenvalue weighted by Gasteiger charge is 2.24. The van der Waals surface area contributed by atoms with E-state index in [-0.39, 0.29) is 6.10 Å². The van der Waals surface area contributed by atoms with E-state index >= 15 is 0 Å². The second-order valence-electron chi connectivity index (χ2n) is 6.29. The molecule has 6 heteroatoms. The molecule has 1 N–H and O–H groups in total. The van der Waals surface area contributed by atoms with Crippen LogP contribution in [0.15, 0.2) is 42.5 Å². The zero-order valence-corrected chi connectivity index (χ0v) is 16.6. The molecule has 2 aromatic carbocycles. The van der Waals surface area contributed by atoms with E-state index in [0.29, 0.717) is 18.3 Å². The lowest BCUT2D eigenvalue weighted by atomic mass is 10.2. The van der Waals surface area contributed by atoms with Gasteiger partial charge in [-0.2, -0.15) is 0 Å². The maximum absolute atomic E-state index is 6.21. The molecule has 0 saturated heterocycles. The Kier molecular flexibility index (Phi) is 6.22. The molecule has 26 heavy (non-hydrogen) atoms. The SMILES string of the molecule is CCCN(C[C@@H]1COc2ccccc2O1)C(=S)Nc1cccc(Cl)c1C. The van der Waals surface area contributed by atoms with Crippen molar-refractivity contribution in [1.82, 2.24) is 4.90 Å². The number of thiocarbonyl (C=S) groups is 1. The third kappa shape index (κ3) is 4.40. The minimum Gasteiger partial charge on any atom is -0.486 e. The fourth-order valence-corrected chi connectivity index (χ4v) is 3.33. The molecule has 1 aliphatic rings. The Morgan fingerprint density at radius 2 is 2.00 bits per heavy atom. The predicted octanol–water partition coefficient (Wildman–Crippen LogP) is 4.90. The Hall–Kier alpha value is -1.98. The van der Waals surface area contributed by atoms with Crippen molar-refractivity contribution in [1.29, 1.82) is 0 Å². The van der Waals surface area contributed by atoms with Crippen LogP contribution in [0.3, 0.4) is 0 Å². The van der Waals surface area contributed by atoms with Crippen LogP contribution < -0.4 is 14.8 Å². The third-order valence-electron chi connectivity index (χ3n) is 4.28. The largest absolute Gasteiger partial charge is 0.486 e. The molecule has 1 heterocycles. The number of hydrogen-bond acceptors (Lipinski definition) is 3. The highest BCUT2D eigenvalue weighted by atomic mass is 35.5. The number of ether oxygens (including phenoxy) is 2. The molecule has 0 aliphatic carbocycles. The van der Waals surface area contributed by atoms with Gasteiger partial charge in [0.2, 0.25) is 0 Å². The van der Waals surface area contributed by atoms with Crippen LogP contribution in [-0.2, 0) is 0 Å². The number of benzene rings is 2. The quantitative estimate of drug-likeness (QED) is 0.734. The first kappa shape index (κ1) is 18.8. The number of nitrogens with one attached hydrogen (secondary N) is 1. The molecule has 0 amide bonds. The molecule has 0 bridgehead atoms. The second-order valence-corrected chi connectivity index (χ2v) is 7.08. The minimum absolute atomic E-state index is 0.0725. The molecule has 1 atom stereocenters. The average molecular weight is 391 g/mol. The van der Waals surface area contributed by atoms with Gasteiger partial charge in [0.15, 0.2) is 22.7 Å². The Morgan fingerprint density at radius 3 is 2.77 bits per heavy atom. The van der Waals surface area contributed by atoms with Crippen LogP contribution in [0.1, 0.15) is 18.9 Å². The van der Waals surface area contributed by atoms with Crippen molar-refractivity contribution in [3.8, 4) is 11.5 Å². The van der Waals surface area contributed by atoms with Crippen LogP contribution in [0.4, 0.5) is 5.69 Å². The van der Waals surface area contributed by atoms with Gasteiger partial charge in [-0.1, -0.05) is 36.7 Å². The normalized spacial score (nSPS) is 15.4. The zero-order chi connectivity index (χ0) is 18.5. The molecule has 0 unspecified atom stereocenters. The fourth-order valence-electron chi connectivity index (χ4n) is 2.88. The van der Waals surface area contributed by atoms with E-state index in [1.165, 1.54) is 0 Å². The molecule has 0 spiro atoms. The molecule has 1 aliphatic heterocycles. The lowest BCUT2D eigenvalue weighted by molar-refractivity contribution is 0.0746. The molecule has 0 fully saturated rings. The average Bonchev–Trinajstić information content (AvgIpc) is 2.65. The summed E-state index contributed by atoms with van der Waals surface area (Å²) in [5, 5.41) is 4.71. The van der Waals surface area contributed by atoms with Gasteiger partial charge >= 0.3 is 0 Å². The van der Waals surface area contributed by atoms with Gasteiger partial charge in [0.1, 0.15) is 6.61 Å². The van der Waals surface area contributed by atoms with Gasteiger partial charge in [-0.3, -0.25) is 0 Å². The maximum Gasteiger partial charge on any atom is 0.173 e. The van der Waals surface area contributed by atoms with Gasteiger partial charge in [-0.05, 0) is 55.4 Å². The topological polar surface area (TPSA) is 33.7 Å². The summed E-state index contributed by atoms with van der Waals surface area (Å²) < 4.78 is 11.9. The number of anilines is 1. The van der Waals surface area contributed by atoms with Crippen molar-refractivity contribution in [3.05, 3.63) is 53.1 Å². The van der Waals surface area contributed by atoms with Gasteiger partial charge in [-0.25, -0.2) is 0 Å². The van der Waals surface area contributed by atoms with Crippen LogP contribution in [0.25, 0.3) is 0 Å². The number of fused-ring (bicyclic) bond motifs is 1. The van der Waals surface area contributed by atoms with E-state index in [1.807, 2.05) is 49.4 Å². The van der Waals surface area contributed by atoms with Gasteiger partial charge < -0.3 is 19.7 Å². The van der Waals surface area contributed by atoms with Crippen LogP contribution in [0, 0.1) is 6.92 Å². The lowest BCUT2D eigenvalue weighted by Gasteiger charge is -2.32. The third-order valence-corrected chi connectivity index (χ3v) is 5.05. The van der Waals surface area contributed by atoms with Crippen molar-refractivity contribution in [3.63, 3.8) is 0 Å². The van der Waals surface area contributed by atoms with Crippen molar-refractivity contribution in [2.24, 2.45) is 0 Å². The summed E-state index contributed by atoms with van der Waals surface area (Å²) >= 11 is 11.9. The molecule has 4 nitrogen and oxygen atoms in total. The zero-order valence-electron chi connectivity index (χ0n) is 15.0. The van der Waals surface area contributed by atoms with Crippen LogP contribution in [-0.4, -0.2) is 35.8 Å². The highest BCUT2D eigenvalue weighted by molar-refractivity contribution is 7.80. The monoisotopic (exact) mass is 390 g/mol.